The minimum atomic E-state index is -0.625. The molecule has 7 nitrogen and oxygen atoms in total. The van der Waals surface area contributed by atoms with Gasteiger partial charge in [-0.25, -0.2) is 9.37 Å². The van der Waals surface area contributed by atoms with Gasteiger partial charge in [-0.05, 0) is 75.1 Å². The molecule has 1 N–H and O–H groups in total. The van der Waals surface area contributed by atoms with Crippen molar-refractivity contribution in [1.29, 1.82) is 0 Å². The third kappa shape index (κ3) is 5.70. The molecule has 8 heteroatoms. The van der Waals surface area contributed by atoms with Crippen LogP contribution >= 0.6 is 0 Å². The number of piperidine rings is 1. The second-order valence-electron chi connectivity index (χ2n) is 9.10. The molecule has 0 spiro atoms. The maximum absolute atomic E-state index is 13.9. The standard InChI is InChI=1S/C27H31FN4O3/c1-18-6-4-7-19(2)32(18)24(33)17-35-23-12-10-20(11-13-23)27(34)30-25(26-29-14-15-31(26)3)21-8-5-9-22(28)16-21/h5,8-16,18-19,25H,4,6-7,17H2,1-3H3,(H,30,34). The molecule has 1 aromatic heterocycles. The Bertz CT molecular complexity index is 1170. The van der Waals surface area contributed by atoms with Crippen molar-refractivity contribution in [2.75, 3.05) is 6.61 Å². The summed E-state index contributed by atoms with van der Waals surface area (Å²) in [6.45, 7) is 4.10. The fourth-order valence-electron chi connectivity index (χ4n) is 4.69. The van der Waals surface area contributed by atoms with E-state index >= 15 is 0 Å². The number of amides is 2. The van der Waals surface area contributed by atoms with Gasteiger partial charge in [0.2, 0.25) is 0 Å². The molecule has 3 unspecified atom stereocenters. The van der Waals surface area contributed by atoms with E-state index in [-0.39, 0.29) is 36.3 Å². The fraction of sp³-hybridized carbons (Fsp3) is 0.370. The van der Waals surface area contributed by atoms with Crippen LogP contribution in [-0.4, -0.2) is 45.0 Å². The SMILES string of the molecule is CC1CCCC(C)N1C(=O)COc1ccc(C(=O)NC(c2cccc(F)c2)c2nccn2C)cc1. The summed E-state index contributed by atoms with van der Waals surface area (Å²) in [4.78, 5) is 32.0. The number of benzene rings is 2. The van der Waals surface area contributed by atoms with E-state index in [2.05, 4.69) is 24.1 Å². The van der Waals surface area contributed by atoms with Crippen LogP contribution in [0.1, 0.15) is 60.9 Å². The lowest BCUT2D eigenvalue weighted by molar-refractivity contribution is -0.139. The van der Waals surface area contributed by atoms with E-state index in [4.69, 9.17) is 4.74 Å². The molecular formula is C27H31FN4O3. The number of hydrogen-bond donors (Lipinski definition) is 1. The number of carbonyl (C=O) groups excluding carboxylic acids is 2. The third-order valence-electron chi connectivity index (χ3n) is 6.53. The van der Waals surface area contributed by atoms with E-state index in [9.17, 15) is 14.0 Å². The van der Waals surface area contributed by atoms with Gasteiger partial charge in [0, 0.05) is 37.1 Å². The average molecular weight is 479 g/mol. The number of ether oxygens (including phenoxy) is 1. The van der Waals surface area contributed by atoms with E-state index in [1.54, 1.807) is 53.4 Å². The normalized spacial score (nSPS) is 18.7. The van der Waals surface area contributed by atoms with Gasteiger partial charge < -0.3 is 19.5 Å². The van der Waals surface area contributed by atoms with Crippen LogP contribution in [0.4, 0.5) is 4.39 Å². The molecule has 184 valence electrons. The summed E-state index contributed by atoms with van der Waals surface area (Å²) in [7, 11) is 1.82. The highest BCUT2D eigenvalue weighted by Gasteiger charge is 2.29. The molecule has 4 rings (SSSR count). The van der Waals surface area contributed by atoms with Gasteiger partial charge in [0.05, 0.1) is 0 Å². The second-order valence-corrected chi connectivity index (χ2v) is 9.10. The predicted molar refractivity (Wildman–Crippen MR) is 130 cm³/mol. The smallest absolute Gasteiger partial charge is 0.260 e. The molecule has 3 atom stereocenters. The Balaban J connectivity index is 1.42. The minimum Gasteiger partial charge on any atom is -0.484 e. The van der Waals surface area contributed by atoms with Gasteiger partial charge in [-0.2, -0.15) is 0 Å². The van der Waals surface area contributed by atoms with Crippen LogP contribution in [0.2, 0.25) is 0 Å². The van der Waals surface area contributed by atoms with E-state index in [0.29, 0.717) is 22.7 Å². The Hall–Kier alpha value is -3.68. The van der Waals surface area contributed by atoms with Gasteiger partial charge in [-0.1, -0.05) is 12.1 Å². The first kappa shape index (κ1) is 24.4. The molecule has 0 bridgehead atoms. The Morgan fingerprint density at radius 2 is 1.86 bits per heavy atom. The number of nitrogens with one attached hydrogen (secondary N) is 1. The summed E-state index contributed by atoms with van der Waals surface area (Å²) < 4.78 is 21.4. The molecule has 2 amide bonds. The van der Waals surface area contributed by atoms with E-state index < -0.39 is 6.04 Å². The number of nitrogens with zero attached hydrogens (tertiary/aromatic N) is 3. The zero-order valence-corrected chi connectivity index (χ0v) is 20.3. The van der Waals surface area contributed by atoms with Crippen molar-refractivity contribution in [2.24, 2.45) is 7.05 Å². The summed E-state index contributed by atoms with van der Waals surface area (Å²) >= 11 is 0. The lowest BCUT2D eigenvalue weighted by atomic mass is 9.97. The van der Waals surface area contributed by atoms with Crippen LogP contribution in [0.15, 0.2) is 60.9 Å². The highest BCUT2D eigenvalue weighted by atomic mass is 19.1. The molecule has 1 fully saturated rings. The quantitative estimate of drug-likeness (QED) is 0.551. The van der Waals surface area contributed by atoms with Crippen LogP contribution in [0.5, 0.6) is 5.75 Å². The summed E-state index contributed by atoms with van der Waals surface area (Å²) in [5.74, 6) is 0.349. The number of carbonyl (C=O) groups is 2. The van der Waals surface area contributed by atoms with Crippen LogP contribution in [0.25, 0.3) is 0 Å². The summed E-state index contributed by atoms with van der Waals surface area (Å²) in [6.07, 6.45) is 6.56. The van der Waals surface area contributed by atoms with E-state index in [0.717, 1.165) is 19.3 Å². The van der Waals surface area contributed by atoms with E-state index in [1.807, 2.05) is 11.9 Å². The molecule has 0 aliphatic carbocycles. The monoisotopic (exact) mass is 478 g/mol. The number of likely N-dealkylation sites (tertiary alicyclic amines) is 1. The number of halogens is 1. The number of rotatable bonds is 7. The van der Waals surface area contributed by atoms with Crippen LogP contribution in [-0.2, 0) is 11.8 Å². The zero-order chi connectivity index (χ0) is 24.9. The van der Waals surface area contributed by atoms with Crippen molar-refractivity contribution < 1.29 is 18.7 Å². The molecule has 0 radical (unpaired) electrons. The van der Waals surface area contributed by atoms with Gasteiger partial charge in [0.15, 0.2) is 6.61 Å². The maximum Gasteiger partial charge on any atom is 0.260 e. The number of aryl methyl sites for hydroxylation is 1. The van der Waals surface area contributed by atoms with Crippen molar-refractivity contribution in [3.05, 3.63) is 83.7 Å². The first-order chi connectivity index (χ1) is 16.8. The fourth-order valence-corrected chi connectivity index (χ4v) is 4.69. The number of imidazole rings is 1. The molecule has 1 aliphatic heterocycles. The van der Waals surface area contributed by atoms with E-state index in [1.165, 1.54) is 12.1 Å². The summed E-state index contributed by atoms with van der Waals surface area (Å²) in [5.41, 5.74) is 1.00. The Morgan fingerprint density at radius 1 is 1.14 bits per heavy atom. The first-order valence-corrected chi connectivity index (χ1v) is 11.9. The van der Waals surface area contributed by atoms with Gasteiger partial charge >= 0.3 is 0 Å². The molecule has 35 heavy (non-hydrogen) atoms. The lowest BCUT2D eigenvalue weighted by Gasteiger charge is -2.38. The molecule has 3 aromatic rings. The van der Waals surface area contributed by atoms with Crippen LogP contribution < -0.4 is 10.1 Å². The predicted octanol–water partition coefficient (Wildman–Crippen LogP) is 4.25. The minimum absolute atomic E-state index is 0.0282. The van der Waals surface area contributed by atoms with Gasteiger partial charge in [-0.3, -0.25) is 9.59 Å². The summed E-state index contributed by atoms with van der Waals surface area (Å²) in [5, 5.41) is 2.95. The lowest BCUT2D eigenvalue weighted by Crippen LogP contribution is -2.49. The van der Waals surface area contributed by atoms with Crippen LogP contribution in [0, 0.1) is 5.82 Å². The number of hydrogen-bond acceptors (Lipinski definition) is 4. The number of aromatic nitrogens is 2. The topological polar surface area (TPSA) is 76.5 Å². The van der Waals surface area contributed by atoms with Crippen molar-refractivity contribution in [2.45, 2.75) is 51.2 Å². The third-order valence-corrected chi connectivity index (χ3v) is 6.53. The van der Waals surface area contributed by atoms with Crippen molar-refractivity contribution >= 4 is 11.8 Å². The molecule has 2 heterocycles. The van der Waals surface area contributed by atoms with Crippen molar-refractivity contribution in [3.8, 4) is 5.75 Å². The highest BCUT2D eigenvalue weighted by Crippen LogP contribution is 2.24. The molecule has 0 saturated carbocycles. The van der Waals surface area contributed by atoms with Gasteiger partial charge in [-0.15, -0.1) is 0 Å². The first-order valence-electron chi connectivity index (χ1n) is 11.9. The van der Waals surface area contributed by atoms with Crippen molar-refractivity contribution in [3.63, 3.8) is 0 Å². The zero-order valence-electron chi connectivity index (χ0n) is 20.3. The molecular weight excluding hydrogens is 447 g/mol. The Kier molecular flexibility index (Phi) is 7.48. The largest absolute Gasteiger partial charge is 0.484 e. The van der Waals surface area contributed by atoms with Gasteiger partial charge in [0.1, 0.15) is 23.4 Å². The molecule has 1 saturated heterocycles. The molecule has 2 aromatic carbocycles. The Morgan fingerprint density at radius 3 is 2.49 bits per heavy atom. The average Bonchev–Trinajstić information content (AvgIpc) is 3.26. The van der Waals surface area contributed by atoms with Gasteiger partial charge in [0.25, 0.3) is 11.8 Å². The van der Waals surface area contributed by atoms with Crippen molar-refractivity contribution in [1.82, 2.24) is 19.8 Å². The second kappa shape index (κ2) is 10.7. The Labute approximate surface area is 204 Å². The summed E-state index contributed by atoms with van der Waals surface area (Å²) in [6, 6.07) is 12.5. The highest BCUT2D eigenvalue weighted by molar-refractivity contribution is 5.94. The van der Waals surface area contributed by atoms with Crippen LogP contribution in [0.3, 0.4) is 0 Å². The maximum atomic E-state index is 13.9. The molecule has 1 aliphatic rings.